The summed E-state index contributed by atoms with van der Waals surface area (Å²) in [4.78, 5) is 75.3. The molecule has 1 heterocycles. The molecule has 0 aromatic heterocycles. The summed E-state index contributed by atoms with van der Waals surface area (Å²) in [6.07, 6.45) is 12.5. The first kappa shape index (κ1) is 62.2. The second-order valence-corrected chi connectivity index (χ2v) is 28.2. The zero-order chi connectivity index (χ0) is 56.8. The van der Waals surface area contributed by atoms with Gasteiger partial charge in [-0.1, -0.05) is 102 Å². The van der Waals surface area contributed by atoms with E-state index in [0.29, 0.717) is 42.7 Å². The number of esters is 1. The van der Waals surface area contributed by atoms with Crippen LogP contribution >= 0.6 is 0 Å². The van der Waals surface area contributed by atoms with Gasteiger partial charge in [-0.15, -0.1) is 0 Å². The SMILES string of the molecule is C=C(C)[C@@H]1CC[C@]2(COC(C)=O)CC[C@]3(C)[C@H](CC[C@@H]4[C@@]5(C)CC[C@H](NC(=O)[C@H](C)[C@@H](OC)[C@@H]6CCCN6C(=O)C[C@@H](OC)[C@H]([C@@H](C)CC)N(C)C(=O)[C@@H](NC(=O)[C@H](C(C)C)N(C)C)C(C)C)C(C)(C)[C@@H]5CC[C@]43C)[C@@H]12. The Balaban J connectivity index is 1.14. The highest BCUT2D eigenvalue weighted by Gasteiger charge is 2.71. The Hall–Kier alpha value is -3.03. The van der Waals surface area contributed by atoms with E-state index in [0.717, 1.165) is 57.8 Å². The molecule has 2 N–H and O–H groups in total. The Kier molecular flexibility index (Phi) is 19.6. The molecule has 0 unspecified atom stereocenters. The highest BCUT2D eigenvalue weighted by Crippen LogP contribution is 2.77. The van der Waals surface area contributed by atoms with Gasteiger partial charge in [-0.2, -0.15) is 0 Å². The maximum atomic E-state index is 14.7. The van der Waals surface area contributed by atoms with Gasteiger partial charge < -0.3 is 34.6 Å². The van der Waals surface area contributed by atoms with E-state index in [4.69, 9.17) is 14.2 Å². The van der Waals surface area contributed by atoms with Crippen molar-refractivity contribution in [3.8, 4) is 0 Å². The molecule has 0 aromatic rings. The number of rotatable bonds is 21. The molecule has 13 nitrogen and oxygen atoms in total. The summed E-state index contributed by atoms with van der Waals surface area (Å²) in [5.74, 6) is 1.28. The van der Waals surface area contributed by atoms with Crippen LogP contribution in [0.4, 0.5) is 0 Å². The average Bonchev–Trinajstić information content (AvgIpc) is 3.99. The van der Waals surface area contributed by atoms with E-state index >= 15 is 0 Å². The molecule has 76 heavy (non-hydrogen) atoms. The van der Waals surface area contributed by atoms with Crippen LogP contribution in [0.5, 0.6) is 0 Å². The number of nitrogens with zero attached hydrogens (tertiary/aromatic N) is 3. The van der Waals surface area contributed by atoms with Crippen LogP contribution in [0, 0.1) is 80.3 Å². The summed E-state index contributed by atoms with van der Waals surface area (Å²) >= 11 is 0. The molecule has 18 atom stereocenters. The van der Waals surface area contributed by atoms with E-state index in [1.807, 2.05) is 58.5 Å². The molecule has 6 fully saturated rings. The summed E-state index contributed by atoms with van der Waals surface area (Å²) < 4.78 is 18.4. The van der Waals surface area contributed by atoms with Gasteiger partial charge >= 0.3 is 5.97 Å². The van der Waals surface area contributed by atoms with Crippen molar-refractivity contribution in [1.82, 2.24) is 25.3 Å². The molecule has 1 aliphatic heterocycles. The number of hydrogen-bond acceptors (Lipinski definition) is 9. The van der Waals surface area contributed by atoms with Crippen LogP contribution in [0.3, 0.4) is 0 Å². The zero-order valence-electron chi connectivity index (χ0n) is 51.4. The van der Waals surface area contributed by atoms with Gasteiger partial charge in [0, 0.05) is 46.2 Å². The number of carbonyl (C=O) groups is 5. The molecule has 0 radical (unpaired) electrons. The Morgan fingerprint density at radius 3 is 2.00 bits per heavy atom. The smallest absolute Gasteiger partial charge is 0.302 e. The van der Waals surface area contributed by atoms with Crippen LogP contribution in [-0.4, -0.2) is 135 Å². The number of amides is 4. The summed E-state index contributed by atoms with van der Waals surface area (Å²) in [5.41, 5.74) is 1.70. The highest BCUT2D eigenvalue weighted by molar-refractivity contribution is 5.90. The Bertz CT molecular complexity index is 2090. The highest BCUT2D eigenvalue weighted by atomic mass is 16.5. The van der Waals surface area contributed by atoms with Gasteiger partial charge in [0.05, 0.1) is 49.3 Å². The van der Waals surface area contributed by atoms with Crippen molar-refractivity contribution >= 4 is 29.6 Å². The Morgan fingerprint density at radius 1 is 0.763 bits per heavy atom. The Labute approximate surface area is 461 Å². The maximum absolute atomic E-state index is 14.7. The van der Waals surface area contributed by atoms with E-state index in [1.165, 1.54) is 31.3 Å². The van der Waals surface area contributed by atoms with Gasteiger partial charge in [0.25, 0.3) is 0 Å². The first-order chi connectivity index (χ1) is 35.4. The van der Waals surface area contributed by atoms with Crippen LogP contribution in [0.15, 0.2) is 12.2 Å². The zero-order valence-corrected chi connectivity index (χ0v) is 51.4. The van der Waals surface area contributed by atoms with Crippen LogP contribution in [0.25, 0.3) is 0 Å². The molecule has 0 aromatic carbocycles. The molecule has 1 saturated heterocycles. The summed E-state index contributed by atoms with van der Waals surface area (Å²) in [7, 11) is 8.81. The molecular formula is C63H109N5O8. The molecule has 5 aliphatic carbocycles. The van der Waals surface area contributed by atoms with Gasteiger partial charge in [-0.25, -0.2) is 0 Å². The topological polar surface area (TPSA) is 147 Å². The third kappa shape index (κ3) is 11.2. The fourth-order valence-corrected chi connectivity index (χ4v) is 18.8. The van der Waals surface area contributed by atoms with Gasteiger partial charge in [0.1, 0.15) is 6.04 Å². The third-order valence-corrected chi connectivity index (χ3v) is 23.1. The normalized spacial score (nSPS) is 35.6. The van der Waals surface area contributed by atoms with E-state index in [2.05, 4.69) is 72.6 Å². The van der Waals surface area contributed by atoms with E-state index in [-0.39, 0.29) is 92.9 Å². The molecule has 434 valence electrons. The summed E-state index contributed by atoms with van der Waals surface area (Å²) in [6.45, 7) is 36.2. The first-order valence-corrected chi connectivity index (χ1v) is 30.1. The predicted octanol–water partition coefficient (Wildman–Crippen LogP) is 10.3. The van der Waals surface area contributed by atoms with Crippen molar-refractivity contribution in [1.29, 1.82) is 0 Å². The molecule has 4 amide bonds. The number of hydrogen-bond donors (Lipinski definition) is 2. The van der Waals surface area contributed by atoms with E-state index < -0.39 is 36.3 Å². The predicted molar refractivity (Wildman–Crippen MR) is 303 cm³/mol. The lowest BCUT2D eigenvalue weighted by molar-refractivity contribution is -0.242. The van der Waals surface area contributed by atoms with Crippen LogP contribution < -0.4 is 10.6 Å². The standard InChI is InChI=1S/C63H109N5O8/c1-21-40(8)54(67(18)58(73)52(38(4)5)65-57(72)53(39(6)7)66(16)17)46(74-19)35-50(70)68-34-22-23-45(68)55(75-20)41(9)56(71)64-49-28-29-60(13)47(59(49,11)12)27-30-62(15)48(60)25-24-44-51-43(37(2)3)26-31-63(51,36-76-42(10)69)33-32-61(44,62)14/h38-41,43-49,51-55H,2,21-36H2,1,3-20H3,(H,64,71)(H,65,72)/t40-,41+,43-,44+,45-,46+,47-,48+,49-,51+,52-,53-,54-,55+,60-,61+,62+,63+/m0/s1. The van der Waals surface area contributed by atoms with Crippen LogP contribution in [0.1, 0.15) is 187 Å². The van der Waals surface area contributed by atoms with Crippen molar-refractivity contribution in [2.75, 3.05) is 48.5 Å². The van der Waals surface area contributed by atoms with Gasteiger partial charge in [-0.3, -0.25) is 28.9 Å². The molecule has 13 heteroatoms. The molecule has 6 rings (SSSR count). The number of ether oxygens (including phenoxy) is 3. The van der Waals surface area contributed by atoms with Gasteiger partial charge in [-0.05, 0) is 167 Å². The minimum absolute atomic E-state index is 0.00916. The molecular weight excluding hydrogens is 955 g/mol. The largest absolute Gasteiger partial charge is 0.465 e. The maximum Gasteiger partial charge on any atom is 0.302 e. The van der Waals surface area contributed by atoms with E-state index in [9.17, 15) is 24.0 Å². The second kappa shape index (κ2) is 24.0. The number of fused-ring (bicyclic) bond motifs is 7. The number of likely N-dealkylation sites (tertiary alicyclic amines) is 1. The van der Waals surface area contributed by atoms with Gasteiger partial charge in [0.15, 0.2) is 0 Å². The van der Waals surface area contributed by atoms with Crippen molar-refractivity contribution < 1.29 is 38.2 Å². The van der Waals surface area contributed by atoms with E-state index in [1.54, 1.807) is 33.1 Å². The average molecular weight is 1060 g/mol. The number of methoxy groups -OCH3 is 2. The lowest BCUT2D eigenvalue weighted by Crippen LogP contribution is -2.68. The van der Waals surface area contributed by atoms with Crippen molar-refractivity contribution in [2.45, 2.75) is 229 Å². The van der Waals surface area contributed by atoms with Gasteiger partial charge in [0.2, 0.25) is 23.6 Å². The molecule has 0 spiro atoms. The molecule has 6 aliphatic rings. The summed E-state index contributed by atoms with van der Waals surface area (Å²) in [5, 5.41) is 6.72. The minimum atomic E-state index is -0.754. The molecule has 5 saturated carbocycles. The minimum Gasteiger partial charge on any atom is -0.465 e. The second-order valence-electron chi connectivity index (χ2n) is 28.2. The number of likely N-dealkylation sites (N-methyl/N-ethyl adjacent to an activating group) is 2. The molecule has 0 bridgehead atoms. The van der Waals surface area contributed by atoms with Crippen LogP contribution in [-0.2, 0) is 38.2 Å². The monoisotopic (exact) mass is 1060 g/mol. The quantitative estimate of drug-likeness (QED) is 0.0847. The van der Waals surface area contributed by atoms with Crippen LogP contribution in [0.2, 0.25) is 0 Å². The number of nitrogens with one attached hydrogen (secondary N) is 2. The van der Waals surface area contributed by atoms with Crippen molar-refractivity contribution in [3.05, 3.63) is 12.2 Å². The summed E-state index contributed by atoms with van der Waals surface area (Å²) in [6, 6.07) is -1.87. The lowest BCUT2D eigenvalue weighted by atomic mass is 9.32. The Morgan fingerprint density at radius 2 is 1.43 bits per heavy atom. The van der Waals surface area contributed by atoms with Crippen molar-refractivity contribution in [3.63, 3.8) is 0 Å². The third-order valence-electron chi connectivity index (χ3n) is 23.1. The van der Waals surface area contributed by atoms with Crippen molar-refractivity contribution in [2.24, 2.45) is 80.3 Å². The fraction of sp³-hybridized carbons (Fsp3) is 0.889. The fourth-order valence-electron chi connectivity index (χ4n) is 18.8. The number of carbonyl (C=O) groups excluding carboxylic acids is 5. The first-order valence-electron chi connectivity index (χ1n) is 30.1. The number of allylic oxidation sites excluding steroid dienone is 1. The lowest BCUT2D eigenvalue weighted by Gasteiger charge is -2.73.